The van der Waals surface area contributed by atoms with Gasteiger partial charge in [0, 0.05) is 12.1 Å². The highest BCUT2D eigenvalue weighted by atomic mass is 16.5. The van der Waals surface area contributed by atoms with Crippen LogP contribution in [-0.4, -0.2) is 21.0 Å². The average Bonchev–Trinajstić information content (AvgIpc) is 2.18. The fourth-order valence-corrected chi connectivity index (χ4v) is 1.57. The van der Waals surface area contributed by atoms with Crippen molar-refractivity contribution < 1.29 is 4.74 Å². The van der Waals surface area contributed by atoms with Crippen LogP contribution in [0, 0.1) is 6.92 Å². The van der Waals surface area contributed by atoms with Crippen LogP contribution in [-0.2, 0) is 4.74 Å². The molecule has 1 heterocycles. The van der Waals surface area contributed by atoms with Gasteiger partial charge in [-0.05, 0) is 13.0 Å². The molecule has 0 saturated heterocycles. The van der Waals surface area contributed by atoms with Gasteiger partial charge in [-0.15, -0.1) is 0 Å². The summed E-state index contributed by atoms with van der Waals surface area (Å²) in [5.74, 6) is 0. The molecule has 2 nitrogen and oxygen atoms in total. The largest absolute Gasteiger partial charge is 0.497 e. The van der Waals surface area contributed by atoms with E-state index in [4.69, 9.17) is 12.6 Å². The van der Waals surface area contributed by atoms with Crippen LogP contribution < -0.4 is 10.8 Å². The van der Waals surface area contributed by atoms with Crippen molar-refractivity contribution in [3.63, 3.8) is 0 Å². The Hall–Kier alpha value is -1.38. The summed E-state index contributed by atoms with van der Waals surface area (Å²) in [6.07, 6.45) is 1.75. The lowest BCUT2D eigenvalue weighted by Gasteiger charge is -2.17. The van der Waals surface area contributed by atoms with E-state index < -0.39 is 0 Å². The van der Waals surface area contributed by atoms with Gasteiger partial charge in [-0.2, -0.15) is 0 Å². The van der Waals surface area contributed by atoms with E-state index in [1.807, 2.05) is 19.1 Å². The van der Waals surface area contributed by atoms with Crippen LogP contribution >= 0.6 is 0 Å². The summed E-state index contributed by atoms with van der Waals surface area (Å²) in [6.45, 7) is 3.61. The first-order chi connectivity index (χ1) is 6.75. The number of nitrogens with one attached hydrogen (secondary N) is 1. The topological polar surface area (TPSA) is 21.3 Å². The molecule has 0 bridgehead atoms. The van der Waals surface area contributed by atoms with Gasteiger partial charge in [-0.25, -0.2) is 0 Å². The minimum absolute atomic E-state index is 0.727. The SMILES string of the molecule is [B]c1cc(C)cc(C2=COCCN2)c1. The van der Waals surface area contributed by atoms with Crippen LogP contribution in [0.15, 0.2) is 24.5 Å². The van der Waals surface area contributed by atoms with Crippen LogP contribution in [0.5, 0.6) is 0 Å². The Morgan fingerprint density at radius 3 is 2.86 bits per heavy atom. The molecule has 0 aromatic heterocycles. The van der Waals surface area contributed by atoms with Crippen molar-refractivity contribution in [2.75, 3.05) is 13.2 Å². The van der Waals surface area contributed by atoms with Crippen LogP contribution in [0.4, 0.5) is 0 Å². The summed E-state index contributed by atoms with van der Waals surface area (Å²) >= 11 is 0. The third kappa shape index (κ3) is 1.92. The molecular weight excluding hydrogens is 173 g/mol. The predicted octanol–water partition coefficient (Wildman–Crippen LogP) is 0.707. The highest BCUT2D eigenvalue weighted by molar-refractivity contribution is 6.32. The van der Waals surface area contributed by atoms with Crippen molar-refractivity contribution in [3.8, 4) is 0 Å². The molecule has 0 spiro atoms. The highest BCUT2D eigenvalue weighted by Crippen LogP contribution is 2.13. The maximum Gasteiger partial charge on any atom is 0.113 e. The summed E-state index contributed by atoms with van der Waals surface area (Å²) in [5.41, 5.74) is 4.04. The van der Waals surface area contributed by atoms with Gasteiger partial charge in [-0.3, -0.25) is 0 Å². The zero-order valence-electron chi connectivity index (χ0n) is 8.21. The molecule has 70 valence electrons. The fourth-order valence-electron chi connectivity index (χ4n) is 1.57. The normalized spacial score (nSPS) is 15.4. The summed E-state index contributed by atoms with van der Waals surface area (Å²) in [6, 6.07) is 5.98. The third-order valence-corrected chi connectivity index (χ3v) is 2.15. The first kappa shape index (κ1) is 9.19. The molecule has 0 saturated carbocycles. The minimum Gasteiger partial charge on any atom is -0.497 e. The van der Waals surface area contributed by atoms with Gasteiger partial charge in [0.25, 0.3) is 0 Å². The third-order valence-electron chi connectivity index (χ3n) is 2.15. The molecule has 0 fully saturated rings. The van der Waals surface area contributed by atoms with Crippen LogP contribution in [0.2, 0.25) is 0 Å². The van der Waals surface area contributed by atoms with Crippen LogP contribution in [0.25, 0.3) is 5.70 Å². The molecule has 1 aliphatic rings. The Morgan fingerprint density at radius 2 is 2.21 bits per heavy atom. The van der Waals surface area contributed by atoms with Crippen molar-refractivity contribution in [1.82, 2.24) is 5.32 Å². The number of hydrogen-bond donors (Lipinski definition) is 1. The molecule has 3 heteroatoms. The van der Waals surface area contributed by atoms with E-state index in [2.05, 4.69) is 11.4 Å². The summed E-state index contributed by atoms with van der Waals surface area (Å²) in [4.78, 5) is 0. The maximum absolute atomic E-state index is 5.77. The van der Waals surface area contributed by atoms with Crippen molar-refractivity contribution in [1.29, 1.82) is 0 Å². The van der Waals surface area contributed by atoms with E-state index in [9.17, 15) is 0 Å². The predicted molar refractivity (Wildman–Crippen MR) is 58.5 cm³/mol. The molecule has 2 rings (SSSR count). The molecule has 1 aliphatic heterocycles. The van der Waals surface area contributed by atoms with E-state index >= 15 is 0 Å². The average molecular weight is 185 g/mol. The van der Waals surface area contributed by atoms with Crippen molar-refractivity contribution in [2.24, 2.45) is 0 Å². The summed E-state index contributed by atoms with van der Waals surface area (Å²) in [5, 5.41) is 3.27. The highest BCUT2D eigenvalue weighted by Gasteiger charge is 2.06. The zero-order valence-corrected chi connectivity index (χ0v) is 8.21. The van der Waals surface area contributed by atoms with Gasteiger partial charge in [-0.1, -0.05) is 23.2 Å². The van der Waals surface area contributed by atoms with E-state index in [-0.39, 0.29) is 0 Å². The molecule has 0 atom stereocenters. The van der Waals surface area contributed by atoms with E-state index in [1.165, 1.54) is 0 Å². The Bertz CT molecular complexity index is 353. The molecular formula is C11H12BNO. The lowest BCUT2D eigenvalue weighted by Crippen LogP contribution is -2.23. The summed E-state index contributed by atoms with van der Waals surface area (Å²) in [7, 11) is 5.77. The molecule has 14 heavy (non-hydrogen) atoms. The second-order valence-corrected chi connectivity index (χ2v) is 3.46. The van der Waals surface area contributed by atoms with E-state index in [1.54, 1.807) is 6.26 Å². The fraction of sp³-hybridized carbons (Fsp3) is 0.273. The number of benzene rings is 1. The van der Waals surface area contributed by atoms with Gasteiger partial charge in [0.2, 0.25) is 0 Å². The van der Waals surface area contributed by atoms with E-state index in [0.29, 0.717) is 0 Å². The first-order valence-electron chi connectivity index (χ1n) is 4.69. The van der Waals surface area contributed by atoms with E-state index in [0.717, 1.165) is 35.4 Å². The van der Waals surface area contributed by atoms with Crippen molar-refractivity contribution in [3.05, 3.63) is 35.6 Å². The molecule has 1 aromatic rings. The number of aryl methyl sites for hydroxylation is 1. The molecule has 1 aromatic carbocycles. The Kier molecular flexibility index (Phi) is 2.48. The molecule has 0 amide bonds. The number of ether oxygens (including phenoxy) is 1. The van der Waals surface area contributed by atoms with Gasteiger partial charge in [0.15, 0.2) is 0 Å². The second kappa shape index (κ2) is 3.78. The first-order valence-corrected chi connectivity index (χ1v) is 4.69. The van der Waals surface area contributed by atoms with Crippen LogP contribution in [0.3, 0.4) is 0 Å². The number of hydrogen-bond acceptors (Lipinski definition) is 2. The maximum atomic E-state index is 5.77. The quantitative estimate of drug-likeness (QED) is 0.650. The Morgan fingerprint density at radius 1 is 1.36 bits per heavy atom. The molecule has 1 N–H and O–H groups in total. The van der Waals surface area contributed by atoms with Gasteiger partial charge in [0.05, 0.1) is 5.70 Å². The van der Waals surface area contributed by atoms with Crippen LogP contribution in [0.1, 0.15) is 11.1 Å². The Labute approximate surface area is 85.4 Å². The van der Waals surface area contributed by atoms with Crippen molar-refractivity contribution in [2.45, 2.75) is 6.92 Å². The standard InChI is InChI=1S/C11H12BNO/c1-8-4-9(6-10(12)5-8)11-7-14-3-2-13-11/h4-7,13H,2-3H2,1H3. The van der Waals surface area contributed by atoms with Gasteiger partial charge >= 0.3 is 0 Å². The molecule has 0 aliphatic carbocycles. The lowest BCUT2D eigenvalue weighted by atomic mass is 9.91. The van der Waals surface area contributed by atoms with Crippen molar-refractivity contribution >= 4 is 19.0 Å². The number of rotatable bonds is 1. The molecule has 0 unspecified atom stereocenters. The van der Waals surface area contributed by atoms with Gasteiger partial charge in [0.1, 0.15) is 20.7 Å². The minimum atomic E-state index is 0.727. The zero-order chi connectivity index (χ0) is 9.97. The smallest absolute Gasteiger partial charge is 0.113 e. The Balaban J connectivity index is 2.35. The second-order valence-electron chi connectivity index (χ2n) is 3.46. The summed E-state index contributed by atoms with van der Waals surface area (Å²) < 4.78 is 5.25. The van der Waals surface area contributed by atoms with Gasteiger partial charge < -0.3 is 10.1 Å². The monoisotopic (exact) mass is 185 g/mol. The lowest BCUT2D eigenvalue weighted by molar-refractivity contribution is 0.241. The molecule has 2 radical (unpaired) electrons.